The second-order valence-corrected chi connectivity index (χ2v) is 3.00. The lowest BCUT2D eigenvalue weighted by molar-refractivity contribution is -0.137. The summed E-state index contributed by atoms with van der Waals surface area (Å²) in [5.41, 5.74) is 0. The van der Waals surface area contributed by atoms with E-state index in [0.717, 1.165) is 0 Å². The third-order valence-electron chi connectivity index (χ3n) is 1.75. The molecule has 2 N–H and O–H groups in total. The molecule has 0 spiro atoms. The largest absolute Gasteiger partial charge is 0.481 e. The summed E-state index contributed by atoms with van der Waals surface area (Å²) in [5.74, 6) is -0.507. The maximum Gasteiger partial charge on any atom is 0.303 e. The number of aromatic nitrogens is 1. The van der Waals surface area contributed by atoms with E-state index in [4.69, 9.17) is 9.63 Å². The van der Waals surface area contributed by atoms with Crippen LogP contribution in [-0.2, 0) is 16.1 Å². The van der Waals surface area contributed by atoms with E-state index in [0.29, 0.717) is 12.2 Å². The van der Waals surface area contributed by atoms with Gasteiger partial charge in [-0.1, -0.05) is 5.16 Å². The Hall–Kier alpha value is -1.85. The smallest absolute Gasteiger partial charge is 0.303 e. The van der Waals surface area contributed by atoms with Gasteiger partial charge in [-0.3, -0.25) is 9.59 Å². The molecule has 1 aromatic heterocycles. The van der Waals surface area contributed by atoms with Crippen LogP contribution in [-0.4, -0.2) is 22.1 Å². The van der Waals surface area contributed by atoms with Gasteiger partial charge in [-0.25, -0.2) is 0 Å². The molecule has 0 bridgehead atoms. The van der Waals surface area contributed by atoms with Gasteiger partial charge in [-0.05, 0) is 6.42 Å². The lowest BCUT2D eigenvalue weighted by Gasteiger charge is -2.01. The van der Waals surface area contributed by atoms with Gasteiger partial charge in [0.1, 0.15) is 0 Å². The first-order valence-electron chi connectivity index (χ1n) is 4.56. The van der Waals surface area contributed by atoms with E-state index < -0.39 is 5.97 Å². The standard InChI is InChI=1S/C9H12N2O4/c12-8(2-1-3-9(13)14)10-6-7-4-5-11-15-7/h4-5H,1-3,6H2,(H,10,12)(H,13,14). The van der Waals surface area contributed by atoms with Gasteiger partial charge >= 0.3 is 5.97 Å². The molecule has 0 aliphatic rings. The molecule has 1 aromatic rings. The minimum atomic E-state index is -0.891. The zero-order chi connectivity index (χ0) is 11.1. The van der Waals surface area contributed by atoms with Crippen LogP contribution in [0.25, 0.3) is 0 Å². The summed E-state index contributed by atoms with van der Waals surface area (Å²) < 4.78 is 4.77. The number of rotatable bonds is 6. The molecule has 15 heavy (non-hydrogen) atoms. The lowest BCUT2D eigenvalue weighted by atomic mass is 10.2. The number of carboxylic acids is 1. The van der Waals surface area contributed by atoms with Crippen molar-refractivity contribution in [3.8, 4) is 0 Å². The van der Waals surface area contributed by atoms with Crippen LogP contribution in [0.3, 0.4) is 0 Å². The molecule has 0 unspecified atom stereocenters. The van der Waals surface area contributed by atoms with E-state index in [1.807, 2.05) is 0 Å². The van der Waals surface area contributed by atoms with Crippen molar-refractivity contribution in [3.05, 3.63) is 18.0 Å². The normalized spacial score (nSPS) is 9.87. The summed E-state index contributed by atoms with van der Waals surface area (Å²) in [6, 6.07) is 1.65. The second-order valence-electron chi connectivity index (χ2n) is 3.00. The van der Waals surface area contributed by atoms with E-state index >= 15 is 0 Å². The number of carboxylic acid groups (broad SMARTS) is 1. The summed E-state index contributed by atoms with van der Waals surface area (Å²) in [6.45, 7) is 0.284. The molecule has 82 valence electrons. The minimum Gasteiger partial charge on any atom is -0.481 e. The van der Waals surface area contributed by atoms with Crippen LogP contribution in [0.1, 0.15) is 25.0 Å². The zero-order valence-electron chi connectivity index (χ0n) is 8.10. The lowest BCUT2D eigenvalue weighted by Crippen LogP contribution is -2.22. The predicted octanol–water partition coefficient (Wildman–Crippen LogP) is 0.546. The third kappa shape index (κ3) is 4.80. The molecule has 0 fully saturated rings. The Balaban J connectivity index is 2.11. The highest BCUT2D eigenvalue weighted by Gasteiger charge is 2.04. The first-order valence-corrected chi connectivity index (χ1v) is 4.56. The molecule has 6 nitrogen and oxygen atoms in total. The molecule has 0 saturated heterocycles. The van der Waals surface area contributed by atoms with Gasteiger partial charge in [0.2, 0.25) is 5.91 Å². The molecule has 1 rings (SSSR count). The Labute approximate surface area is 86.3 Å². The number of hydrogen-bond acceptors (Lipinski definition) is 4. The number of aliphatic carboxylic acids is 1. The SMILES string of the molecule is O=C(O)CCCC(=O)NCc1ccno1. The van der Waals surface area contributed by atoms with Crippen molar-refractivity contribution in [1.29, 1.82) is 0 Å². The van der Waals surface area contributed by atoms with E-state index in [9.17, 15) is 9.59 Å². The third-order valence-corrected chi connectivity index (χ3v) is 1.75. The maximum absolute atomic E-state index is 11.2. The summed E-state index contributed by atoms with van der Waals surface area (Å²) in [7, 11) is 0. The monoisotopic (exact) mass is 212 g/mol. The molecule has 6 heteroatoms. The summed E-state index contributed by atoms with van der Waals surface area (Å²) in [4.78, 5) is 21.3. The Morgan fingerprint density at radius 3 is 2.87 bits per heavy atom. The average Bonchev–Trinajstić information content (AvgIpc) is 2.66. The Kier molecular flexibility index (Phi) is 4.33. The van der Waals surface area contributed by atoms with Gasteiger partial charge in [0, 0.05) is 18.9 Å². The van der Waals surface area contributed by atoms with E-state index in [2.05, 4.69) is 10.5 Å². The fourth-order valence-electron chi connectivity index (χ4n) is 1.01. The minimum absolute atomic E-state index is 0.00965. The van der Waals surface area contributed by atoms with E-state index in [1.54, 1.807) is 6.07 Å². The van der Waals surface area contributed by atoms with Gasteiger partial charge < -0.3 is 14.9 Å². The number of carbonyl (C=O) groups is 2. The number of carbonyl (C=O) groups excluding carboxylic acids is 1. The second kappa shape index (κ2) is 5.79. The molecular formula is C9H12N2O4. The van der Waals surface area contributed by atoms with Crippen molar-refractivity contribution < 1.29 is 19.2 Å². The fraction of sp³-hybridized carbons (Fsp3) is 0.444. The molecule has 0 radical (unpaired) electrons. The molecule has 0 aromatic carbocycles. The quantitative estimate of drug-likeness (QED) is 0.718. The van der Waals surface area contributed by atoms with Gasteiger partial charge in [0.05, 0.1) is 12.7 Å². The highest BCUT2D eigenvalue weighted by atomic mass is 16.5. The van der Waals surface area contributed by atoms with Crippen LogP contribution in [0.4, 0.5) is 0 Å². The van der Waals surface area contributed by atoms with Gasteiger partial charge in [-0.2, -0.15) is 0 Å². The van der Waals surface area contributed by atoms with Crippen molar-refractivity contribution in [2.45, 2.75) is 25.8 Å². The zero-order valence-corrected chi connectivity index (χ0v) is 8.10. The van der Waals surface area contributed by atoms with Crippen molar-refractivity contribution >= 4 is 11.9 Å². The summed E-state index contributed by atoms with van der Waals surface area (Å²) in [5, 5.41) is 14.4. The maximum atomic E-state index is 11.2. The van der Waals surface area contributed by atoms with Gasteiger partial charge in [0.15, 0.2) is 5.76 Å². The van der Waals surface area contributed by atoms with Crippen LogP contribution in [0, 0.1) is 0 Å². The first kappa shape index (κ1) is 11.2. The first-order chi connectivity index (χ1) is 7.18. The van der Waals surface area contributed by atoms with Crippen LogP contribution in [0.5, 0.6) is 0 Å². The molecule has 0 saturated carbocycles. The van der Waals surface area contributed by atoms with E-state index in [-0.39, 0.29) is 25.3 Å². The molecule has 0 aliphatic heterocycles. The number of nitrogens with one attached hydrogen (secondary N) is 1. The highest BCUT2D eigenvalue weighted by Crippen LogP contribution is 1.98. The molecule has 1 heterocycles. The Morgan fingerprint density at radius 2 is 2.27 bits per heavy atom. The molecule has 0 atom stereocenters. The number of amides is 1. The van der Waals surface area contributed by atoms with E-state index in [1.165, 1.54) is 6.20 Å². The average molecular weight is 212 g/mol. The highest BCUT2D eigenvalue weighted by molar-refractivity contribution is 5.76. The fourth-order valence-corrected chi connectivity index (χ4v) is 1.01. The molecular weight excluding hydrogens is 200 g/mol. The van der Waals surface area contributed by atoms with Crippen LogP contribution < -0.4 is 5.32 Å². The van der Waals surface area contributed by atoms with Crippen LogP contribution in [0.15, 0.2) is 16.8 Å². The van der Waals surface area contributed by atoms with Crippen LogP contribution in [0.2, 0.25) is 0 Å². The summed E-state index contributed by atoms with van der Waals surface area (Å²) in [6.07, 6.45) is 2.06. The van der Waals surface area contributed by atoms with Crippen molar-refractivity contribution in [1.82, 2.24) is 10.5 Å². The predicted molar refractivity (Wildman–Crippen MR) is 49.8 cm³/mol. The molecule has 1 amide bonds. The van der Waals surface area contributed by atoms with Gasteiger partial charge in [-0.15, -0.1) is 0 Å². The van der Waals surface area contributed by atoms with Crippen molar-refractivity contribution in [2.75, 3.05) is 0 Å². The van der Waals surface area contributed by atoms with Crippen molar-refractivity contribution in [3.63, 3.8) is 0 Å². The topological polar surface area (TPSA) is 92.4 Å². The van der Waals surface area contributed by atoms with Crippen molar-refractivity contribution in [2.24, 2.45) is 0 Å². The number of hydrogen-bond donors (Lipinski definition) is 2. The Morgan fingerprint density at radius 1 is 1.47 bits per heavy atom. The van der Waals surface area contributed by atoms with Crippen LogP contribution >= 0.6 is 0 Å². The summed E-state index contributed by atoms with van der Waals surface area (Å²) >= 11 is 0. The Bertz CT molecular complexity index is 321. The number of nitrogens with zero attached hydrogens (tertiary/aromatic N) is 1. The molecule has 0 aliphatic carbocycles. The van der Waals surface area contributed by atoms with Gasteiger partial charge in [0.25, 0.3) is 0 Å².